The minimum atomic E-state index is 1.13. The third-order valence-electron chi connectivity index (χ3n) is 1.87. The van der Waals surface area contributed by atoms with Crippen LogP contribution in [0.2, 0.25) is 0 Å². The number of rotatable bonds is 8. The van der Waals surface area contributed by atoms with E-state index in [9.17, 15) is 0 Å². The van der Waals surface area contributed by atoms with Crippen LogP contribution in [0.25, 0.3) is 0 Å². The monoisotopic (exact) mass is 244 g/mol. The standard InChI is InChI=1S/C12H21Br/c1-2-3-4-5-6-7-8-9-10-11-12-13/h3-6H,2,7-12H2,1H3/b4-3-,6-5+. The lowest BCUT2D eigenvalue weighted by Gasteiger charge is -1.94. The molecule has 76 valence electrons. The van der Waals surface area contributed by atoms with E-state index in [4.69, 9.17) is 0 Å². The minimum absolute atomic E-state index is 1.13. The number of allylic oxidation sites excluding steroid dienone is 4. The number of alkyl halides is 1. The van der Waals surface area contributed by atoms with Gasteiger partial charge in [0.15, 0.2) is 0 Å². The highest BCUT2D eigenvalue weighted by molar-refractivity contribution is 9.09. The molecule has 0 saturated carbocycles. The van der Waals surface area contributed by atoms with Gasteiger partial charge in [-0.2, -0.15) is 0 Å². The fourth-order valence-corrected chi connectivity index (χ4v) is 1.50. The SMILES string of the molecule is CC/C=C\C=C\CCCCCCBr. The summed E-state index contributed by atoms with van der Waals surface area (Å²) in [6.45, 7) is 2.16. The van der Waals surface area contributed by atoms with E-state index in [1.54, 1.807) is 0 Å². The summed E-state index contributed by atoms with van der Waals surface area (Å²) in [4.78, 5) is 0. The van der Waals surface area contributed by atoms with Gasteiger partial charge < -0.3 is 0 Å². The first-order valence-corrected chi connectivity index (χ1v) is 6.41. The second-order valence-corrected chi connectivity index (χ2v) is 3.95. The van der Waals surface area contributed by atoms with Gasteiger partial charge in [0.05, 0.1) is 0 Å². The van der Waals surface area contributed by atoms with Crippen molar-refractivity contribution in [1.29, 1.82) is 0 Å². The van der Waals surface area contributed by atoms with Crippen LogP contribution in [0.4, 0.5) is 0 Å². The molecule has 0 aromatic rings. The van der Waals surface area contributed by atoms with Crippen molar-refractivity contribution in [2.24, 2.45) is 0 Å². The van der Waals surface area contributed by atoms with E-state index in [1.807, 2.05) is 0 Å². The van der Waals surface area contributed by atoms with Gasteiger partial charge in [0, 0.05) is 5.33 Å². The maximum atomic E-state index is 3.44. The van der Waals surface area contributed by atoms with Gasteiger partial charge >= 0.3 is 0 Å². The van der Waals surface area contributed by atoms with Crippen molar-refractivity contribution in [2.75, 3.05) is 5.33 Å². The molecule has 0 amide bonds. The number of halogens is 1. The molecule has 0 aliphatic heterocycles. The average molecular weight is 245 g/mol. The van der Waals surface area contributed by atoms with Crippen LogP contribution in [0.5, 0.6) is 0 Å². The fraction of sp³-hybridized carbons (Fsp3) is 0.667. The van der Waals surface area contributed by atoms with Crippen LogP contribution < -0.4 is 0 Å². The molecular weight excluding hydrogens is 224 g/mol. The molecule has 0 unspecified atom stereocenters. The lowest BCUT2D eigenvalue weighted by molar-refractivity contribution is 0.679. The molecule has 0 N–H and O–H groups in total. The molecule has 0 atom stereocenters. The maximum absolute atomic E-state index is 3.44. The Labute approximate surface area is 91.2 Å². The molecule has 0 radical (unpaired) electrons. The summed E-state index contributed by atoms with van der Waals surface area (Å²) in [5.41, 5.74) is 0. The first kappa shape index (κ1) is 13.0. The Hall–Kier alpha value is -0.0400. The molecule has 13 heavy (non-hydrogen) atoms. The van der Waals surface area contributed by atoms with Crippen molar-refractivity contribution in [1.82, 2.24) is 0 Å². The van der Waals surface area contributed by atoms with Crippen LogP contribution in [0.1, 0.15) is 45.4 Å². The van der Waals surface area contributed by atoms with Crippen molar-refractivity contribution in [3.8, 4) is 0 Å². The zero-order valence-electron chi connectivity index (χ0n) is 8.64. The summed E-state index contributed by atoms with van der Waals surface area (Å²) < 4.78 is 0. The third kappa shape index (κ3) is 12.0. The van der Waals surface area contributed by atoms with Crippen LogP contribution in [0.3, 0.4) is 0 Å². The zero-order valence-corrected chi connectivity index (χ0v) is 10.2. The van der Waals surface area contributed by atoms with Gasteiger partial charge in [-0.3, -0.25) is 0 Å². The number of hydrogen-bond acceptors (Lipinski definition) is 0. The highest BCUT2D eigenvalue weighted by Crippen LogP contribution is 2.04. The Morgan fingerprint density at radius 2 is 1.62 bits per heavy atom. The van der Waals surface area contributed by atoms with Gasteiger partial charge in [-0.1, -0.05) is 60.0 Å². The van der Waals surface area contributed by atoms with Crippen LogP contribution in [0, 0.1) is 0 Å². The molecule has 0 bridgehead atoms. The summed E-state index contributed by atoms with van der Waals surface area (Å²) >= 11 is 3.44. The summed E-state index contributed by atoms with van der Waals surface area (Å²) in [5.74, 6) is 0. The molecule has 0 aromatic heterocycles. The van der Waals surface area contributed by atoms with E-state index >= 15 is 0 Å². The van der Waals surface area contributed by atoms with Crippen molar-refractivity contribution >= 4 is 15.9 Å². The van der Waals surface area contributed by atoms with Crippen LogP contribution >= 0.6 is 15.9 Å². The van der Waals surface area contributed by atoms with Crippen LogP contribution in [-0.4, -0.2) is 5.33 Å². The number of unbranched alkanes of at least 4 members (excludes halogenated alkanes) is 4. The van der Waals surface area contributed by atoms with Gasteiger partial charge in [0.25, 0.3) is 0 Å². The van der Waals surface area contributed by atoms with E-state index < -0.39 is 0 Å². The van der Waals surface area contributed by atoms with Gasteiger partial charge in [-0.05, 0) is 25.7 Å². The largest absolute Gasteiger partial charge is 0.0928 e. The van der Waals surface area contributed by atoms with E-state index in [2.05, 4.69) is 47.2 Å². The summed E-state index contributed by atoms with van der Waals surface area (Å²) in [7, 11) is 0. The molecule has 0 nitrogen and oxygen atoms in total. The van der Waals surface area contributed by atoms with Gasteiger partial charge in [-0.25, -0.2) is 0 Å². The summed E-state index contributed by atoms with van der Waals surface area (Å²) in [6.07, 6.45) is 16.5. The predicted octanol–water partition coefficient (Wildman–Crippen LogP) is 4.85. The Morgan fingerprint density at radius 1 is 0.923 bits per heavy atom. The van der Waals surface area contributed by atoms with Crippen molar-refractivity contribution in [3.05, 3.63) is 24.3 Å². The van der Waals surface area contributed by atoms with E-state index in [0.717, 1.165) is 11.8 Å². The lowest BCUT2D eigenvalue weighted by Crippen LogP contribution is -1.77. The molecule has 0 spiro atoms. The second kappa shape index (κ2) is 12.0. The zero-order chi connectivity index (χ0) is 9.78. The molecule has 1 heteroatoms. The van der Waals surface area contributed by atoms with Gasteiger partial charge in [0.2, 0.25) is 0 Å². The van der Waals surface area contributed by atoms with Crippen LogP contribution in [0.15, 0.2) is 24.3 Å². The smallest absolute Gasteiger partial charge is 0.00313 e. The second-order valence-electron chi connectivity index (χ2n) is 3.16. The topological polar surface area (TPSA) is 0 Å². The Kier molecular flexibility index (Phi) is 11.9. The van der Waals surface area contributed by atoms with Crippen molar-refractivity contribution in [3.63, 3.8) is 0 Å². The first-order valence-electron chi connectivity index (χ1n) is 5.29. The maximum Gasteiger partial charge on any atom is 0.00313 e. The molecule has 0 saturated heterocycles. The van der Waals surface area contributed by atoms with E-state index in [1.165, 1.54) is 32.1 Å². The molecule has 0 aromatic carbocycles. The fourth-order valence-electron chi connectivity index (χ4n) is 1.10. The Morgan fingerprint density at radius 3 is 2.31 bits per heavy atom. The molecule has 0 rings (SSSR count). The van der Waals surface area contributed by atoms with E-state index in [0.29, 0.717) is 0 Å². The molecule has 0 aliphatic carbocycles. The van der Waals surface area contributed by atoms with Crippen molar-refractivity contribution < 1.29 is 0 Å². The lowest BCUT2D eigenvalue weighted by atomic mass is 10.1. The summed E-state index contributed by atoms with van der Waals surface area (Å²) in [5, 5.41) is 1.15. The Bertz CT molecular complexity index is 136. The molecule has 0 heterocycles. The predicted molar refractivity (Wildman–Crippen MR) is 65.5 cm³/mol. The highest BCUT2D eigenvalue weighted by atomic mass is 79.9. The minimum Gasteiger partial charge on any atom is -0.0928 e. The third-order valence-corrected chi connectivity index (χ3v) is 2.43. The quantitative estimate of drug-likeness (QED) is 0.325. The summed E-state index contributed by atoms with van der Waals surface area (Å²) in [6, 6.07) is 0. The Balaban J connectivity index is 3.06. The number of hydrogen-bond donors (Lipinski definition) is 0. The van der Waals surface area contributed by atoms with Crippen molar-refractivity contribution in [2.45, 2.75) is 45.4 Å². The highest BCUT2D eigenvalue weighted by Gasteiger charge is 1.85. The first-order chi connectivity index (χ1) is 6.41. The van der Waals surface area contributed by atoms with Gasteiger partial charge in [-0.15, -0.1) is 0 Å². The van der Waals surface area contributed by atoms with E-state index in [-0.39, 0.29) is 0 Å². The molecular formula is C12H21Br. The molecule has 0 aliphatic rings. The van der Waals surface area contributed by atoms with Crippen LogP contribution in [-0.2, 0) is 0 Å². The van der Waals surface area contributed by atoms with Gasteiger partial charge in [0.1, 0.15) is 0 Å². The molecule has 0 fully saturated rings. The normalized spacial score (nSPS) is 11.8. The average Bonchev–Trinajstić information content (AvgIpc) is 2.16.